The van der Waals surface area contributed by atoms with Gasteiger partial charge in [-0.05, 0) is 31.0 Å². The molecule has 5 rings (SSSR count). The monoisotopic (exact) mass is 403 g/mol. The van der Waals surface area contributed by atoms with Crippen LogP contribution in [0, 0.1) is 5.82 Å². The van der Waals surface area contributed by atoms with E-state index in [4.69, 9.17) is 11.6 Å². The molecule has 0 atom stereocenters. The predicted molar refractivity (Wildman–Crippen MR) is 101 cm³/mol. The highest BCUT2D eigenvalue weighted by atomic mass is 35.5. The number of likely N-dealkylation sites (N-methyl/N-ethyl adjacent to an activating group) is 1. The van der Waals surface area contributed by atoms with Gasteiger partial charge in [-0.1, -0.05) is 11.6 Å². The molecular weight excluding hydrogens is 385 g/mol. The van der Waals surface area contributed by atoms with Crippen LogP contribution in [0.15, 0.2) is 18.2 Å². The second-order valence-corrected chi connectivity index (χ2v) is 8.16. The standard InChI is InChI=1S/C19H19ClFN5O2/c1-24-17(27)16-12-9-25(18(28)22-11-2-3-14(21)13(20)8-11)7-4-15(12)23-26(16)10-19(24)5-6-19/h2-3,8H,4-7,9-10H2,1H3,(H,22,28). The Labute approximate surface area is 166 Å². The summed E-state index contributed by atoms with van der Waals surface area (Å²) < 4.78 is 15.1. The van der Waals surface area contributed by atoms with E-state index >= 15 is 0 Å². The van der Waals surface area contributed by atoms with Gasteiger partial charge >= 0.3 is 6.03 Å². The lowest BCUT2D eigenvalue weighted by Gasteiger charge is -2.34. The average Bonchev–Trinajstić information content (AvgIpc) is 3.35. The fourth-order valence-electron chi connectivity index (χ4n) is 4.13. The zero-order valence-corrected chi connectivity index (χ0v) is 16.1. The lowest BCUT2D eigenvalue weighted by Crippen LogP contribution is -2.48. The highest BCUT2D eigenvalue weighted by Gasteiger charge is 2.53. The normalized spacial score (nSPS) is 19.5. The molecule has 9 heteroatoms. The maximum absolute atomic E-state index is 13.3. The predicted octanol–water partition coefficient (Wildman–Crippen LogP) is 2.88. The quantitative estimate of drug-likeness (QED) is 0.796. The van der Waals surface area contributed by atoms with Crippen molar-refractivity contribution in [3.8, 4) is 0 Å². The summed E-state index contributed by atoms with van der Waals surface area (Å²) >= 11 is 5.78. The van der Waals surface area contributed by atoms with Crippen molar-refractivity contribution in [1.82, 2.24) is 19.6 Å². The van der Waals surface area contributed by atoms with Gasteiger partial charge in [-0.25, -0.2) is 9.18 Å². The van der Waals surface area contributed by atoms with Crippen LogP contribution < -0.4 is 5.32 Å². The van der Waals surface area contributed by atoms with Gasteiger partial charge in [0.05, 0.1) is 29.3 Å². The van der Waals surface area contributed by atoms with E-state index in [1.165, 1.54) is 18.2 Å². The van der Waals surface area contributed by atoms with Gasteiger partial charge in [0.1, 0.15) is 11.5 Å². The molecule has 28 heavy (non-hydrogen) atoms. The number of nitrogens with one attached hydrogen (secondary N) is 1. The fourth-order valence-corrected chi connectivity index (χ4v) is 4.31. The smallest absolute Gasteiger partial charge is 0.322 e. The van der Waals surface area contributed by atoms with E-state index in [-0.39, 0.29) is 22.5 Å². The molecule has 0 unspecified atom stereocenters. The van der Waals surface area contributed by atoms with Crippen molar-refractivity contribution < 1.29 is 14.0 Å². The lowest BCUT2D eigenvalue weighted by molar-refractivity contribution is 0.0609. The molecule has 0 radical (unpaired) electrons. The molecule has 1 N–H and O–H groups in total. The summed E-state index contributed by atoms with van der Waals surface area (Å²) in [5.41, 5.74) is 2.66. The zero-order chi connectivity index (χ0) is 19.6. The van der Waals surface area contributed by atoms with Crippen molar-refractivity contribution >= 4 is 29.2 Å². The topological polar surface area (TPSA) is 70.5 Å². The van der Waals surface area contributed by atoms with E-state index in [1.54, 1.807) is 4.90 Å². The molecule has 1 fully saturated rings. The van der Waals surface area contributed by atoms with Gasteiger partial charge in [-0.15, -0.1) is 0 Å². The largest absolute Gasteiger partial charge is 0.333 e. The molecule has 1 aromatic carbocycles. The molecular formula is C19H19ClFN5O2. The van der Waals surface area contributed by atoms with Gasteiger partial charge in [-0.2, -0.15) is 5.10 Å². The van der Waals surface area contributed by atoms with E-state index in [2.05, 4.69) is 10.4 Å². The number of urea groups is 1. The SMILES string of the molecule is CN1C(=O)c2c3c(nn2CC12CC2)CCN(C(=O)Nc1ccc(F)c(Cl)c1)C3. The molecule has 146 valence electrons. The molecule has 3 amide bonds. The van der Waals surface area contributed by atoms with E-state index in [0.29, 0.717) is 30.9 Å². The number of carbonyl (C=O) groups is 2. The molecule has 2 aliphatic heterocycles. The highest BCUT2D eigenvalue weighted by Crippen LogP contribution is 2.46. The first-order valence-electron chi connectivity index (χ1n) is 9.26. The van der Waals surface area contributed by atoms with E-state index < -0.39 is 5.82 Å². The van der Waals surface area contributed by atoms with Gasteiger partial charge in [-0.3, -0.25) is 9.48 Å². The Morgan fingerprint density at radius 3 is 2.86 bits per heavy atom. The zero-order valence-electron chi connectivity index (χ0n) is 15.3. The summed E-state index contributed by atoms with van der Waals surface area (Å²) in [7, 11) is 1.85. The Hall–Kier alpha value is -2.61. The van der Waals surface area contributed by atoms with Crippen molar-refractivity contribution in [2.45, 2.75) is 37.9 Å². The van der Waals surface area contributed by atoms with Crippen molar-refractivity contribution in [3.63, 3.8) is 0 Å². The van der Waals surface area contributed by atoms with Crippen LogP contribution in [0.1, 0.15) is 34.6 Å². The number of fused-ring (bicyclic) bond motifs is 3. The number of halogens is 2. The Morgan fingerprint density at radius 2 is 2.14 bits per heavy atom. The molecule has 0 bridgehead atoms. The molecule has 3 heterocycles. The summed E-state index contributed by atoms with van der Waals surface area (Å²) in [5.74, 6) is -0.560. The number of hydrogen-bond acceptors (Lipinski definition) is 3. The van der Waals surface area contributed by atoms with Crippen LogP contribution >= 0.6 is 11.6 Å². The van der Waals surface area contributed by atoms with Gasteiger partial charge in [0, 0.05) is 31.3 Å². The minimum Gasteiger partial charge on any atom is -0.333 e. The second kappa shape index (κ2) is 5.94. The number of benzene rings is 1. The molecule has 1 saturated carbocycles. The Balaban J connectivity index is 1.38. The number of anilines is 1. The summed E-state index contributed by atoms with van der Waals surface area (Å²) in [6.45, 7) is 1.54. The number of carbonyl (C=O) groups excluding carboxylic acids is 2. The van der Waals surface area contributed by atoms with E-state index in [0.717, 1.165) is 30.6 Å². The maximum atomic E-state index is 13.3. The van der Waals surface area contributed by atoms with Gasteiger partial charge in [0.2, 0.25) is 0 Å². The van der Waals surface area contributed by atoms with Gasteiger partial charge in [0.15, 0.2) is 0 Å². The summed E-state index contributed by atoms with van der Waals surface area (Å²) in [5, 5.41) is 7.35. The summed E-state index contributed by atoms with van der Waals surface area (Å²) in [6, 6.07) is 3.73. The number of amides is 3. The minimum absolute atomic E-state index is 0.0231. The van der Waals surface area contributed by atoms with Crippen LogP contribution in [-0.2, 0) is 19.5 Å². The number of nitrogens with zero attached hydrogens (tertiary/aromatic N) is 4. The average molecular weight is 404 g/mol. The molecule has 1 aliphatic carbocycles. The first-order valence-corrected chi connectivity index (χ1v) is 9.63. The van der Waals surface area contributed by atoms with Crippen LogP contribution in [0.2, 0.25) is 5.02 Å². The third-order valence-electron chi connectivity index (χ3n) is 6.05. The van der Waals surface area contributed by atoms with Crippen LogP contribution in [0.5, 0.6) is 0 Å². The summed E-state index contributed by atoms with van der Waals surface area (Å²) in [6.07, 6.45) is 2.61. The number of rotatable bonds is 1. The molecule has 1 aromatic heterocycles. The molecule has 3 aliphatic rings. The maximum Gasteiger partial charge on any atom is 0.322 e. The van der Waals surface area contributed by atoms with Crippen molar-refractivity contribution in [1.29, 1.82) is 0 Å². The minimum atomic E-state index is -0.537. The van der Waals surface area contributed by atoms with Crippen LogP contribution in [0.4, 0.5) is 14.9 Å². The molecule has 0 saturated heterocycles. The van der Waals surface area contributed by atoms with E-state index in [9.17, 15) is 14.0 Å². The van der Waals surface area contributed by atoms with Gasteiger partial charge < -0.3 is 15.1 Å². The van der Waals surface area contributed by atoms with Crippen LogP contribution in [-0.4, -0.2) is 50.6 Å². The Morgan fingerprint density at radius 1 is 1.36 bits per heavy atom. The number of aromatic nitrogens is 2. The van der Waals surface area contributed by atoms with Crippen molar-refractivity contribution in [3.05, 3.63) is 46.0 Å². The Bertz CT molecular complexity index is 1020. The fraction of sp³-hybridized carbons (Fsp3) is 0.421. The molecule has 2 aromatic rings. The number of hydrogen-bond donors (Lipinski definition) is 1. The van der Waals surface area contributed by atoms with Crippen LogP contribution in [0.3, 0.4) is 0 Å². The second-order valence-electron chi connectivity index (χ2n) is 7.75. The summed E-state index contributed by atoms with van der Waals surface area (Å²) in [4.78, 5) is 29.1. The molecule has 7 nitrogen and oxygen atoms in total. The third kappa shape index (κ3) is 2.58. The van der Waals surface area contributed by atoms with Gasteiger partial charge in [0.25, 0.3) is 5.91 Å². The Kier molecular flexibility index (Phi) is 3.71. The van der Waals surface area contributed by atoms with Crippen molar-refractivity contribution in [2.75, 3.05) is 18.9 Å². The van der Waals surface area contributed by atoms with Crippen LogP contribution in [0.25, 0.3) is 0 Å². The first-order chi connectivity index (χ1) is 13.4. The highest BCUT2D eigenvalue weighted by molar-refractivity contribution is 6.31. The lowest BCUT2D eigenvalue weighted by atomic mass is 10.0. The van der Waals surface area contributed by atoms with E-state index in [1.807, 2.05) is 16.6 Å². The third-order valence-corrected chi connectivity index (χ3v) is 6.34. The van der Waals surface area contributed by atoms with Crippen molar-refractivity contribution in [2.24, 2.45) is 0 Å². The first kappa shape index (κ1) is 17.5. The molecule has 1 spiro atoms.